The summed E-state index contributed by atoms with van der Waals surface area (Å²) in [7, 11) is 1.64. The number of anilines is 1. The van der Waals surface area contributed by atoms with Crippen LogP contribution < -0.4 is 10.9 Å². The van der Waals surface area contributed by atoms with Crippen molar-refractivity contribution in [3.63, 3.8) is 0 Å². The fourth-order valence-corrected chi connectivity index (χ4v) is 3.57. The van der Waals surface area contributed by atoms with Gasteiger partial charge in [-0.15, -0.1) is 0 Å². The monoisotopic (exact) mass is 407 g/mol. The number of amides is 1. The summed E-state index contributed by atoms with van der Waals surface area (Å²) in [6.07, 6.45) is 0. The maximum atomic E-state index is 12.5. The molecule has 1 heterocycles. The molecule has 0 aliphatic rings. The number of thioether (sulfide) groups is 1. The second-order valence-corrected chi connectivity index (χ2v) is 7.72. The second-order valence-electron chi connectivity index (χ2n) is 5.63. The minimum absolute atomic E-state index is 0.149. The molecule has 1 N–H and O–H groups in total. The van der Waals surface area contributed by atoms with Gasteiger partial charge in [0.15, 0.2) is 5.16 Å². The van der Waals surface area contributed by atoms with E-state index in [1.807, 2.05) is 6.07 Å². The molecule has 0 spiro atoms. The summed E-state index contributed by atoms with van der Waals surface area (Å²) in [5.74, 6) is -0.262. The Balaban J connectivity index is 1.83. The Morgan fingerprint density at radius 2 is 1.92 bits per heavy atom. The van der Waals surface area contributed by atoms with Crippen molar-refractivity contribution in [2.45, 2.75) is 17.3 Å². The molecule has 0 fully saturated rings. The minimum atomic E-state index is -0.496. The molecule has 0 saturated carbocycles. The normalized spacial score (nSPS) is 12.2. The number of carbonyl (C=O) groups excluding carboxylic acids is 1. The zero-order chi connectivity index (χ0) is 18.8. The largest absolute Gasteiger partial charge is 0.324 e. The smallest absolute Gasteiger partial charge is 0.261 e. The molecular formula is C18H15Cl2N3O2S. The lowest BCUT2D eigenvalue weighted by molar-refractivity contribution is -0.115. The summed E-state index contributed by atoms with van der Waals surface area (Å²) >= 11 is 13.3. The van der Waals surface area contributed by atoms with Crippen LogP contribution in [0.3, 0.4) is 0 Å². The van der Waals surface area contributed by atoms with Crippen LogP contribution in [0.4, 0.5) is 5.69 Å². The number of hydrogen-bond donors (Lipinski definition) is 1. The molecule has 1 atom stereocenters. The number of nitrogens with zero attached hydrogens (tertiary/aromatic N) is 2. The molecule has 3 rings (SSSR count). The fourth-order valence-electron chi connectivity index (χ4n) is 2.35. The maximum absolute atomic E-state index is 12.5. The van der Waals surface area contributed by atoms with Crippen LogP contribution in [0.15, 0.2) is 52.4 Å². The van der Waals surface area contributed by atoms with Crippen molar-refractivity contribution >= 4 is 57.5 Å². The maximum Gasteiger partial charge on any atom is 0.261 e. The van der Waals surface area contributed by atoms with E-state index in [4.69, 9.17) is 23.2 Å². The third-order valence-corrected chi connectivity index (χ3v) is 5.77. The lowest BCUT2D eigenvalue weighted by Gasteiger charge is -2.15. The summed E-state index contributed by atoms with van der Waals surface area (Å²) in [6, 6.07) is 12.1. The van der Waals surface area contributed by atoms with E-state index in [2.05, 4.69) is 10.3 Å². The molecule has 0 aliphatic carbocycles. The average Bonchev–Trinajstić information content (AvgIpc) is 2.63. The van der Waals surface area contributed by atoms with Gasteiger partial charge in [0.2, 0.25) is 5.91 Å². The Labute approximate surface area is 164 Å². The number of para-hydroxylation sites is 1. The van der Waals surface area contributed by atoms with Gasteiger partial charge < -0.3 is 5.32 Å². The highest BCUT2D eigenvalue weighted by Gasteiger charge is 2.19. The van der Waals surface area contributed by atoms with Crippen LogP contribution in [0.5, 0.6) is 0 Å². The predicted molar refractivity (Wildman–Crippen MR) is 107 cm³/mol. The van der Waals surface area contributed by atoms with Gasteiger partial charge in [-0.25, -0.2) is 4.98 Å². The van der Waals surface area contributed by atoms with Gasteiger partial charge in [0.05, 0.1) is 31.9 Å². The van der Waals surface area contributed by atoms with Gasteiger partial charge in [0.1, 0.15) is 0 Å². The van der Waals surface area contributed by atoms with E-state index in [-0.39, 0.29) is 16.5 Å². The summed E-state index contributed by atoms with van der Waals surface area (Å²) < 4.78 is 1.45. The van der Waals surface area contributed by atoms with Gasteiger partial charge in [-0.2, -0.15) is 0 Å². The van der Waals surface area contributed by atoms with Crippen molar-refractivity contribution in [3.8, 4) is 0 Å². The van der Waals surface area contributed by atoms with Crippen LogP contribution in [0.1, 0.15) is 6.92 Å². The third kappa shape index (κ3) is 3.72. The predicted octanol–water partition coefficient (Wildman–Crippen LogP) is 4.36. The summed E-state index contributed by atoms with van der Waals surface area (Å²) in [4.78, 5) is 29.4. The first-order valence-electron chi connectivity index (χ1n) is 7.76. The Bertz CT molecular complexity index is 1050. The molecule has 8 heteroatoms. The van der Waals surface area contributed by atoms with Gasteiger partial charge in [-0.3, -0.25) is 14.2 Å². The molecule has 2 aromatic carbocycles. The first-order chi connectivity index (χ1) is 12.4. The molecule has 0 saturated heterocycles. The number of hydrogen-bond acceptors (Lipinski definition) is 4. The SMILES string of the molecule is CC(Sc1nc2ccccc2c(=O)n1C)C(=O)Nc1cccc(Cl)c1Cl. The molecule has 1 aromatic heterocycles. The molecule has 0 bridgehead atoms. The van der Waals surface area contributed by atoms with Crippen molar-refractivity contribution in [1.82, 2.24) is 9.55 Å². The van der Waals surface area contributed by atoms with Crippen molar-refractivity contribution in [1.29, 1.82) is 0 Å². The number of benzene rings is 2. The summed E-state index contributed by atoms with van der Waals surface area (Å²) in [6.45, 7) is 1.74. The molecular weight excluding hydrogens is 393 g/mol. The van der Waals surface area contributed by atoms with Gasteiger partial charge in [0, 0.05) is 7.05 Å². The van der Waals surface area contributed by atoms with Crippen molar-refractivity contribution in [3.05, 3.63) is 62.9 Å². The molecule has 1 unspecified atom stereocenters. The molecule has 134 valence electrons. The zero-order valence-corrected chi connectivity index (χ0v) is 16.3. The second kappa shape index (κ2) is 7.70. The van der Waals surface area contributed by atoms with E-state index in [1.165, 1.54) is 16.3 Å². The van der Waals surface area contributed by atoms with Gasteiger partial charge in [-0.1, -0.05) is 53.2 Å². The fraction of sp³-hybridized carbons (Fsp3) is 0.167. The number of rotatable bonds is 4. The van der Waals surface area contributed by atoms with E-state index in [0.717, 1.165) is 0 Å². The van der Waals surface area contributed by atoms with Crippen molar-refractivity contribution < 1.29 is 4.79 Å². The summed E-state index contributed by atoms with van der Waals surface area (Å²) in [5.41, 5.74) is 0.893. The van der Waals surface area contributed by atoms with E-state index >= 15 is 0 Å². The Morgan fingerprint density at radius 1 is 1.19 bits per heavy atom. The van der Waals surface area contributed by atoms with Crippen LogP contribution in [0.2, 0.25) is 10.0 Å². The molecule has 0 aliphatic heterocycles. The molecule has 0 radical (unpaired) electrons. The highest BCUT2D eigenvalue weighted by molar-refractivity contribution is 8.00. The number of fused-ring (bicyclic) bond motifs is 1. The first-order valence-corrected chi connectivity index (χ1v) is 9.39. The Kier molecular flexibility index (Phi) is 5.55. The number of halogens is 2. The Hall–Kier alpha value is -2.02. The summed E-state index contributed by atoms with van der Waals surface area (Å²) in [5, 5.41) is 3.92. The van der Waals surface area contributed by atoms with Crippen LogP contribution in [0.25, 0.3) is 10.9 Å². The number of carbonyl (C=O) groups is 1. The van der Waals surface area contributed by atoms with E-state index in [9.17, 15) is 9.59 Å². The average molecular weight is 408 g/mol. The number of nitrogens with one attached hydrogen (secondary N) is 1. The van der Waals surface area contributed by atoms with Crippen LogP contribution in [-0.4, -0.2) is 20.7 Å². The van der Waals surface area contributed by atoms with Gasteiger partial charge in [-0.05, 0) is 31.2 Å². The Morgan fingerprint density at radius 3 is 2.69 bits per heavy atom. The van der Waals surface area contributed by atoms with Crippen LogP contribution in [-0.2, 0) is 11.8 Å². The minimum Gasteiger partial charge on any atom is -0.324 e. The zero-order valence-electron chi connectivity index (χ0n) is 14.0. The van der Waals surface area contributed by atoms with Crippen molar-refractivity contribution in [2.24, 2.45) is 7.05 Å². The molecule has 1 amide bonds. The topological polar surface area (TPSA) is 64.0 Å². The standard InChI is InChI=1S/C18H15Cl2N3O2S/c1-10(16(24)21-14-9-5-7-12(19)15(14)20)26-18-22-13-8-4-3-6-11(13)17(25)23(18)2/h3-10H,1-2H3,(H,21,24). The quantitative estimate of drug-likeness (QED) is 0.515. The van der Waals surface area contributed by atoms with Crippen LogP contribution >= 0.6 is 35.0 Å². The van der Waals surface area contributed by atoms with Crippen molar-refractivity contribution in [2.75, 3.05) is 5.32 Å². The lowest BCUT2D eigenvalue weighted by atomic mass is 10.2. The van der Waals surface area contributed by atoms with E-state index in [0.29, 0.717) is 26.8 Å². The van der Waals surface area contributed by atoms with Crippen LogP contribution in [0, 0.1) is 0 Å². The van der Waals surface area contributed by atoms with E-state index < -0.39 is 5.25 Å². The van der Waals surface area contributed by atoms with Gasteiger partial charge >= 0.3 is 0 Å². The highest BCUT2D eigenvalue weighted by atomic mass is 35.5. The molecule has 3 aromatic rings. The molecule has 5 nitrogen and oxygen atoms in total. The highest BCUT2D eigenvalue weighted by Crippen LogP contribution is 2.30. The third-order valence-electron chi connectivity index (χ3n) is 3.80. The van der Waals surface area contributed by atoms with E-state index in [1.54, 1.807) is 50.4 Å². The van der Waals surface area contributed by atoms with Gasteiger partial charge in [0.25, 0.3) is 5.56 Å². The number of aromatic nitrogens is 2. The lowest BCUT2D eigenvalue weighted by Crippen LogP contribution is -2.25. The first kappa shape index (κ1) is 18.8. The molecule has 26 heavy (non-hydrogen) atoms.